The number of ether oxygens (including phenoxy) is 1. The number of anilines is 1. The molecule has 1 N–H and O–H groups in total. The number of methoxy groups -OCH3 is 1. The van der Waals surface area contributed by atoms with E-state index in [2.05, 4.69) is 5.43 Å². The van der Waals surface area contributed by atoms with Crippen LogP contribution in [0.3, 0.4) is 0 Å². The lowest BCUT2D eigenvalue weighted by Gasteiger charge is -2.04. The fourth-order valence-corrected chi connectivity index (χ4v) is 1.86. The van der Waals surface area contributed by atoms with Gasteiger partial charge in [-0.1, -0.05) is 4.68 Å². The minimum absolute atomic E-state index is 0.481. The van der Waals surface area contributed by atoms with Crippen LogP contribution in [0.2, 0.25) is 0 Å². The van der Waals surface area contributed by atoms with Gasteiger partial charge in [-0.3, -0.25) is 30.3 Å². The lowest BCUT2D eigenvalue weighted by Crippen LogP contribution is -2.41. The maximum Gasteiger partial charge on any atom is 0.312 e. The highest BCUT2D eigenvalue weighted by Crippen LogP contribution is 2.37. The van der Waals surface area contributed by atoms with E-state index in [1.807, 2.05) is 0 Å². The largest absolute Gasteiger partial charge is 0.496 e. The maximum atomic E-state index is 11.2. The van der Waals surface area contributed by atoms with Gasteiger partial charge < -0.3 is 4.74 Å². The van der Waals surface area contributed by atoms with Gasteiger partial charge in [-0.25, -0.2) is 0 Å². The van der Waals surface area contributed by atoms with E-state index < -0.39 is 37.5 Å². The molecule has 12 heteroatoms. The smallest absolute Gasteiger partial charge is 0.312 e. The van der Waals surface area contributed by atoms with E-state index in [1.165, 1.54) is 36.3 Å². The van der Waals surface area contributed by atoms with Gasteiger partial charge in [0.15, 0.2) is 0 Å². The zero-order chi connectivity index (χ0) is 17.9. The van der Waals surface area contributed by atoms with Crippen LogP contribution in [0.1, 0.15) is 0 Å². The summed E-state index contributed by atoms with van der Waals surface area (Å²) < 4.78 is 6.16. The van der Waals surface area contributed by atoms with Crippen LogP contribution in [0.15, 0.2) is 36.7 Å². The van der Waals surface area contributed by atoms with Gasteiger partial charge in [0, 0.05) is 12.1 Å². The van der Waals surface area contributed by atoms with Gasteiger partial charge in [0.2, 0.25) is 12.4 Å². The predicted molar refractivity (Wildman–Crippen MR) is 78.6 cm³/mol. The van der Waals surface area contributed by atoms with Crippen molar-refractivity contribution < 1.29 is 24.2 Å². The van der Waals surface area contributed by atoms with E-state index in [0.29, 0.717) is 17.9 Å². The third-order valence-corrected chi connectivity index (χ3v) is 2.96. The summed E-state index contributed by atoms with van der Waals surface area (Å²) in [6, 6.07) is 4.32. The number of aromatic nitrogens is 1. The molecule has 124 valence electrons. The monoisotopic (exact) mass is 336 g/mol. The second kappa shape index (κ2) is 6.51. The molecule has 0 unspecified atom stereocenters. The SMILES string of the molecule is COc1cc[n+](Nc2c([N+](=O)[O-])cc([N+](=O)[O-])cc2[N+](=O)[O-])cc1. The van der Waals surface area contributed by atoms with Gasteiger partial charge in [-0.15, -0.1) is 5.43 Å². The zero-order valence-electron chi connectivity index (χ0n) is 12.1. The first-order valence-corrected chi connectivity index (χ1v) is 6.27. The number of nitrogens with zero attached hydrogens (tertiary/aromatic N) is 4. The number of nitrogens with one attached hydrogen (secondary N) is 1. The van der Waals surface area contributed by atoms with Crippen LogP contribution in [0.5, 0.6) is 5.75 Å². The highest BCUT2D eigenvalue weighted by molar-refractivity contribution is 5.76. The predicted octanol–water partition coefficient (Wildman–Crippen LogP) is 1.58. The first-order chi connectivity index (χ1) is 11.3. The van der Waals surface area contributed by atoms with Crippen LogP contribution in [-0.2, 0) is 0 Å². The van der Waals surface area contributed by atoms with Crippen LogP contribution in [0.4, 0.5) is 22.7 Å². The molecule has 0 atom stereocenters. The molecule has 2 rings (SSSR count). The highest BCUT2D eigenvalue weighted by atomic mass is 16.6. The number of rotatable bonds is 6. The van der Waals surface area contributed by atoms with Crippen molar-refractivity contribution in [3.8, 4) is 5.75 Å². The van der Waals surface area contributed by atoms with Crippen LogP contribution in [-0.4, -0.2) is 21.9 Å². The van der Waals surface area contributed by atoms with Crippen LogP contribution >= 0.6 is 0 Å². The van der Waals surface area contributed by atoms with E-state index in [9.17, 15) is 30.3 Å². The van der Waals surface area contributed by atoms with Crippen molar-refractivity contribution in [2.75, 3.05) is 12.5 Å². The van der Waals surface area contributed by atoms with Crippen LogP contribution < -0.4 is 14.8 Å². The summed E-state index contributed by atoms with van der Waals surface area (Å²) in [5.41, 5.74) is -0.340. The molecule has 1 aromatic carbocycles. The zero-order valence-corrected chi connectivity index (χ0v) is 12.1. The van der Waals surface area contributed by atoms with Gasteiger partial charge in [0.05, 0.1) is 34.0 Å². The Labute approximate surface area is 133 Å². The fourth-order valence-electron chi connectivity index (χ4n) is 1.86. The molecule has 0 bridgehead atoms. The molecule has 12 nitrogen and oxygen atoms in total. The Morgan fingerprint density at radius 1 is 0.958 bits per heavy atom. The molecule has 0 saturated heterocycles. The molecule has 1 heterocycles. The average Bonchev–Trinajstić information content (AvgIpc) is 2.54. The molecule has 0 aliphatic rings. The summed E-state index contributed by atoms with van der Waals surface area (Å²) in [6.45, 7) is 0. The molecule has 0 radical (unpaired) electrons. The second-order valence-corrected chi connectivity index (χ2v) is 4.39. The molecule has 0 aliphatic carbocycles. The third-order valence-electron chi connectivity index (χ3n) is 2.96. The summed E-state index contributed by atoms with van der Waals surface area (Å²) in [5, 5.41) is 33.1. The Balaban J connectivity index is 2.58. The summed E-state index contributed by atoms with van der Waals surface area (Å²) in [4.78, 5) is 30.3. The Bertz CT molecular complexity index is 786. The van der Waals surface area contributed by atoms with Gasteiger partial charge in [-0.05, 0) is 0 Å². The maximum absolute atomic E-state index is 11.2. The Hall–Kier alpha value is -3.83. The Morgan fingerprint density at radius 3 is 1.83 bits per heavy atom. The summed E-state index contributed by atoms with van der Waals surface area (Å²) in [5.74, 6) is 0.501. The molecule has 0 spiro atoms. The minimum atomic E-state index is -0.940. The molecule has 1 aromatic heterocycles. The summed E-state index contributed by atoms with van der Waals surface area (Å²) in [7, 11) is 1.44. The lowest BCUT2D eigenvalue weighted by molar-refractivity contribution is -0.643. The lowest BCUT2D eigenvalue weighted by atomic mass is 10.2. The molecule has 2 aromatic rings. The molecule has 0 saturated carbocycles. The number of nitro benzene ring substituents is 3. The first-order valence-electron chi connectivity index (χ1n) is 6.27. The molecule has 0 amide bonds. The van der Waals surface area contributed by atoms with Gasteiger partial charge in [0.1, 0.15) is 5.75 Å². The number of benzene rings is 1. The number of hydrogen-bond donors (Lipinski definition) is 1. The van der Waals surface area contributed by atoms with Crippen LogP contribution in [0, 0.1) is 30.3 Å². The average molecular weight is 336 g/mol. The third kappa shape index (κ3) is 3.32. The van der Waals surface area contributed by atoms with E-state index in [-0.39, 0.29) is 0 Å². The van der Waals surface area contributed by atoms with Crippen molar-refractivity contribution in [2.45, 2.75) is 0 Å². The number of hydrogen-bond acceptors (Lipinski definition) is 8. The minimum Gasteiger partial charge on any atom is -0.496 e. The number of pyridine rings is 1. The van der Waals surface area contributed by atoms with Gasteiger partial charge >= 0.3 is 11.4 Å². The quantitative estimate of drug-likeness (QED) is 0.473. The van der Waals surface area contributed by atoms with Gasteiger partial charge in [-0.2, -0.15) is 0 Å². The van der Waals surface area contributed by atoms with Gasteiger partial charge in [0.25, 0.3) is 11.4 Å². The van der Waals surface area contributed by atoms with E-state index in [4.69, 9.17) is 4.74 Å². The molecular weight excluding hydrogens is 326 g/mol. The molecule has 0 fully saturated rings. The first kappa shape index (κ1) is 16.5. The topological polar surface area (TPSA) is 155 Å². The van der Waals surface area contributed by atoms with Crippen molar-refractivity contribution in [3.05, 3.63) is 67.0 Å². The van der Waals surface area contributed by atoms with E-state index >= 15 is 0 Å². The summed E-state index contributed by atoms with van der Waals surface area (Å²) in [6.07, 6.45) is 2.82. The molecular formula is C12H10N5O7+. The van der Waals surface area contributed by atoms with Crippen molar-refractivity contribution in [2.24, 2.45) is 0 Å². The standard InChI is InChI=1S/C12H10N5O7/c1-24-9-2-4-14(5-3-9)13-12-10(16(20)21)6-8(15(18)19)7-11(12)17(22)23/h2-7,13H,1H3/q+1. The number of non-ortho nitro benzene ring substituents is 1. The second-order valence-electron chi connectivity index (χ2n) is 4.39. The van der Waals surface area contributed by atoms with Crippen molar-refractivity contribution in [3.63, 3.8) is 0 Å². The van der Waals surface area contributed by atoms with Crippen molar-refractivity contribution in [1.82, 2.24) is 0 Å². The van der Waals surface area contributed by atoms with E-state index in [0.717, 1.165) is 0 Å². The van der Waals surface area contributed by atoms with E-state index in [1.54, 1.807) is 0 Å². The Kier molecular flexibility index (Phi) is 4.49. The Morgan fingerprint density at radius 2 is 1.46 bits per heavy atom. The van der Waals surface area contributed by atoms with Crippen LogP contribution in [0.25, 0.3) is 0 Å². The summed E-state index contributed by atoms with van der Waals surface area (Å²) >= 11 is 0. The fraction of sp³-hybridized carbons (Fsp3) is 0.0833. The normalized spacial score (nSPS) is 10.0. The van der Waals surface area contributed by atoms with Crippen molar-refractivity contribution >= 4 is 22.7 Å². The van der Waals surface area contributed by atoms with Crippen molar-refractivity contribution in [1.29, 1.82) is 0 Å². The molecule has 0 aliphatic heterocycles. The highest BCUT2D eigenvalue weighted by Gasteiger charge is 2.32. The number of nitro groups is 3. The molecule has 24 heavy (non-hydrogen) atoms.